The molecule has 0 radical (unpaired) electrons. The summed E-state index contributed by atoms with van der Waals surface area (Å²) in [4.78, 5) is 16.7. The predicted molar refractivity (Wildman–Crippen MR) is 129 cm³/mol. The summed E-state index contributed by atoms with van der Waals surface area (Å²) in [5, 5.41) is 9.98. The van der Waals surface area contributed by atoms with Gasteiger partial charge < -0.3 is 15.4 Å². The van der Waals surface area contributed by atoms with Crippen molar-refractivity contribution < 1.29 is 31.5 Å². The quantitative estimate of drug-likeness (QED) is 0.253. The second-order valence-electron chi connectivity index (χ2n) is 8.64. The number of hydrogen-bond donors (Lipinski definition) is 2. The normalized spacial score (nSPS) is 13.7. The molecule has 196 valence electrons. The molecular weight excluding hydrogens is 509 g/mol. The Morgan fingerprint density at radius 2 is 1.58 bits per heavy atom. The van der Waals surface area contributed by atoms with Crippen LogP contribution >= 0.6 is 0 Å². The van der Waals surface area contributed by atoms with Gasteiger partial charge in [-0.3, -0.25) is 0 Å². The van der Waals surface area contributed by atoms with Crippen LogP contribution in [-0.4, -0.2) is 33.1 Å². The Balaban J connectivity index is 1.21. The molecule has 4 aromatic rings. The molecule has 7 nitrogen and oxygen atoms in total. The molecule has 1 saturated carbocycles. The zero-order chi connectivity index (χ0) is 26.9. The van der Waals surface area contributed by atoms with E-state index < -0.39 is 18.0 Å². The van der Waals surface area contributed by atoms with Crippen LogP contribution < -0.4 is 15.4 Å². The molecule has 1 fully saturated rings. The largest absolute Gasteiger partial charge is 0.499 e. The molecule has 1 aliphatic carbocycles. The number of nitrogens with one attached hydrogen (secondary N) is 2. The highest BCUT2D eigenvalue weighted by Gasteiger charge is 2.61. The summed E-state index contributed by atoms with van der Waals surface area (Å²) in [5.74, 6) is 0.173. The van der Waals surface area contributed by atoms with Crippen molar-refractivity contribution >= 4 is 17.4 Å². The zero-order valence-corrected chi connectivity index (χ0v) is 19.5. The van der Waals surface area contributed by atoms with E-state index in [0.717, 1.165) is 36.2 Å². The number of aromatic nitrogens is 3. The predicted octanol–water partition coefficient (Wildman–Crippen LogP) is 6.99. The SMILES string of the molecule is O=C(Nc1ccc(-c2ncn(-c3ccc(OC(F)(F)C(F)(F)F)cc3)n2)cc1)Nc1ccccc1C1CC1. The molecular formula is C26H20F5N5O2. The molecule has 2 N–H and O–H groups in total. The Morgan fingerprint density at radius 1 is 0.895 bits per heavy atom. The minimum atomic E-state index is -5.83. The van der Waals surface area contributed by atoms with Crippen LogP contribution in [0.3, 0.4) is 0 Å². The second-order valence-corrected chi connectivity index (χ2v) is 8.64. The van der Waals surface area contributed by atoms with Gasteiger partial charge in [-0.1, -0.05) is 18.2 Å². The number of carbonyl (C=O) groups is 1. The number of urea groups is 1. The third kappa shape index (κ3) is 5.58. The topological polar surface area (TPSA) is 81.1 Å². The maximum atomic E-state index is 13.1. The van der Waals surface area contributed by atoms with Crippen molar-refractivity contribution in [1.82, 2.24) is 14.8 Å². The van der Waals surface area contributed by atoms with Crippen LogP contribution in [-0.2, 0) is 0 Å². The Morgan fingerprint density at radius 3 is 2.24 bits per heavy atom. The maximum Gasteiger partial charge on any atom is 0.499 e. The number of rotatable bonds is 7. The van der Waals surface area contributed by atoms with Crippen molar-refractivity contribution in [3.8, 4) is 22.8 Å². The number of para-hydroxylation sites is 1. The molecule has 1 aromatic heterocycles. The van der Waals surface area contributed by atoms with Crippen molar-refractivity contribution in [2.75, 3.05) is 10.6 Å². The van der Waals surface area contributed by atoms with Crippen LogP contribution in [0.1, 0.15) is 24.3 Å². The van der Waals surface area contributed by atoms with Gasteiger partial charge in [0.2, 0.25) is 0 Å². The van der Waals surface area contributed by atoms with E-state index in [2.05, 4.69) is 25.5 Å². The minimum absolute atomic E-state index is 0.336. The summed E-state index contributed by atoms with van der Waals surface area (Å²) in [6.07, 6.45) is -7.54. The highest BCUT2D eigenvalue weighted by atomic mass is 19.4. The molecule has 3 aromatic carbocycles. The summed E-state index contributed by atoms with van der Waals surface area (Å²) in [7, 11) is 0. The first kappa shape index (κ1) is 25.2. The third-order valence-corrected chi connectivity index (χ3v) is 5.80. The average molecular weight is 529 g/mol. The first-order valence-corrected chi connectivity index (χ1v) is 11.5. The van der Waals surface area contributed by atoms with Gasteiger partial charge in [-0.15, -0.1) is 5.10 Å². The first-order chi connectivity index (χ1) is 18.1. The number of anilines is 2. The smallest absolute Gasteiger partial charge is 0.426 e. The number of nitrogens with zero attached hydrogens (tertiary/aromatic N) is 3. The van der Waals surface area contributed by atoms with Gasteiger partial charge >= 0.3 is 18.3 Å². The fourth-order valence-electron chi connectivity index (χ4n) is 3.74. The van der Waals surface area contributed by atoms with E-state index in [4.69, 9.17) is 0 Å². The highest BCUT2D eigenvalue weighted by Crippen LogP contribution is 2.43. The minimum Gasteiger partial charge on any atom is -0.426 e. The number of alkyl halides is 5. The molecule has 0 saturated heterocycles. The molecule has 0 bridgehead atoms. The lowest BCUT2D eigenvalue weighted by Crippen LogP contribution is -2.41. The molecule has 0 spiro atoms. The van der Waals surface area contributed by atoms with Gasteiger partial charge in [0.05, 0.1) is 5.69 Å². The van der Waals surface area contributed by atoms with Gasteiger partial charge in [-0.25, -0.2) is 14.5 Å². The van der Waals surface area contributed by atoms with Crippen LogP contribution in [0.2, 0.25) is 0 Å². The van der Waals surface area contributed by atoms with E-state index in [9.17, 15) is 26.7 Å². The van der Waals surface area contributed by atoms with Gasteiger partial charge in [-0.05, 0) is 78.9 Å². The number of ether oxygens (including phenoxy) is 1. The Kier molecular flexibility index (Phi) is 6.47. The molecule has 2 amide bonds. The van der Waals surface area contributed by atoms with Crippen molar-refractivity contribution in [3.63, 3.8) is 0 Å². The molecule has 12 heteroatoms. The van der Waals surface area contributed by atoms with Crippen molar-refractivity contribution in [2.45, 2.75) is 31.0 Å². The molecule has 0 atom stereocenters. The van der Waals surface area contributed by atoms with Crippen LogP contribution in [0, 0.1) is 0 Å². The Hall–Kier alpha value is -4.48. The van der Waals surface area contributed by atoms with Crippen molar-refractivity contribution in [3.05, 3.63) is 84.7 Å². The van der Waals surface area contributed by atoms with Gasteiger partial charge in [0.25, 0.3) is 0 Å². The summed E-state index contributed by atoms with van der Waals surface area (Å²) in [6, 6.07) is 18.6. The van der Waals surface area contributed by atoms with Crippen LogP contribution in [0.15, 0.2) is 79.1 Å². The molecule has 1 heterocycles. The lowest BCUT2D eigenvalue weighted by molar-refractivity contribution is -0.360. The standard InChI is InChI=1S/C26H20F5N5O2/c27-25(28,29)26(30,31)38-20-13-11-19(12-14-20)36-15-32-23(35-36)17-7-9-18(10-8-17)33-24(37)34-22-4-2-1-3-21(22)16-5-6-16/h1-4,7-16H,5-6H2,(H2,33,34,37). The molecule has 0 unspecified atom stereocenters. The highest BCUT2D eigenvalue weighted by molar-refractivity contribution is 6.00. The lowest BCUT2D eigenvalue weighted by atomic mass is 10.1. The van der Waals surface area contributed by atoms with E-state index in [-0.39, 0.29) is 6.03 Å². The number of benzene rings is 3. The molecule has 0 aliphatic heterocycles. The molecule has 38 heavy (non-hydrogen) atoms. The van der Waals surface area contributed by atoms with Gasteiger partial charge in [-0.2, -0.15) is 22.0 Å². The van der Waals surface area contributed by atoms with E-state index in [1.165, 1.54) is 23.1 Å². The van der Waals surface area contributed by atoms with E-state index in [1.54, 1.807) is 24.3 Å². The van der Waals surface area contributed by atoms with Gasteiger partial charge in [0.15, 0.2) is 5.82 Å². The van der Waals surface area contributed by atoms with Crippen LogP contribution in [0.4, 0.5) is 38.1 Å². The molecule has 5 rings (SSSR count). The van der Waals surface area contributed by atoms with E-state index in [0.29, 0.717) is 28.7 Å². The van der Waals surface area contributed by atoms with Crippen LogP contribution in [0.5, 0.6) is 5.75 Å². The zero-order valence-electron chi connectivity index (χ0n) is 19.5. The first-order valence-electron chi connectivity index (χ1n) is 11.5. The Bertz CT molecular complexity index is 1430. The van der Waals surface area contributed by atoms with Crippen molar-refractivity contribution in [2.24, 2.45) is 0 Å². The maximum absolute atomic E-state index is 13.1. The summed E-state index contributed by atoms with van der Waals surface area (Å²) in [5.41, 5.74) is 3.47. The van der Waals surface area contributed by atoms with Gasteiger partial charge in [0.1, 0.15) is 12.1 Å². The summed E-state index contributed by atoms with van der Waals surface area (Å²) < 4.78 is 68.2. The fourth-order valence-corrected chi connectivity index (χ4v) is 3.74. The monoisotopic (exact) mass is 529 g/mol. The number of hydrogen-bond acceptors (Lipinski definition) is 4. The number of halogens is 5. The van der Waals surface area contributed by atoms with E-state index in [1.807, 2.05) is 24.3 Å². The van der Waals surface area contributed by atoms with Gasteiger partial charge in [0, 0.05) is 16.9 Å². The summed E-state index contributed by atoms with van der Waals surface area (Å²) >= 11 is 0. The third-order valence-electron chi connectivity index (χ3n) is 5.80. The van der Waals surface area contributed by atoms with Crippen LogP contribution in [0.25, 0.3) is 17.1 Å². The number of amides is 2. The molecule has 1 aliphatic rings. The fraction of sp³-hybridized carbons (Fsp3) is 0.192. The summed E-state index contributed by atoms with van der Waals surface area (Å²) in [6.45, 7) is 0. The number of carbonyl (C=O) groups excluding carboxylic acids is 1. The average Bonchev–Trinajstić information content (AvgIpc) is 3.60. The Labute approximate surface area is 213 Å². The lowest BCUT2D eigenvalue weighted by Gasteiger charge is -2.20. The van der Waals surface area contributed by atoms with Crippen molar-refractivity contribution in [1.29, 1.82) is 0 Å². The van der Waals surface area contributed by atoms with E-state index >= 15 is 0 Å². The second kappa shape index (κ2) is 9.77.